The molecule has 1 amide bonds. The number of pyridine rings is 1. The van der Waals surface area contributed by atoms with Crippen LogP contribution in [0.4, 0.5) is 0 Å². The number of carbonyl (C=O) groups excluding carboxylic acids is 2. The number of hydrogen-bond donors (Lipinski definition) is 2. The summed E-state index contributed by atoms with van der Waals surface area (Å²) in [6, 6.07) is 14.1. The maximum absolute atomic E-state index is 10.8. The summed E-state index contributed by atoms with van der Waals surface area (Å²) in [6.45, 7) is 1.50. The molecule has 0 fully saturated rings. The van der Waals surface area contributed by atoms with Gasteiger partial charge in [0.25, 0.3) is 5.91 Å². The van der Waals surface area contributed by atoms with Crippen molar-refractivity contribution in [3.05, 3.63) is 66.0 Å². The van der Waals surface area contributed by atoms with Gasteiger partial charge in [-0.05, 0) is 24.3 Å². The number of hydrogen-bond acceptors (Lipinski definition) is 4. The molecule has 2 rings (SSSR count). The van der Waals surface area contributed by atoms with Crippen LogP contribution in [-0.2, 0) is 21.1 Å². The average molecular weight is 353 g/mol. The number of nitrogens with zero attached hydrogens (tertiary/aromatic N) is 1. The van der Waals surface area contributed by atoms with Crippen LogP contribution in [0, 0.1) is 0 Å². The standard InChI is InChI=1S/C7H8N2O.C7H7NO.Mo/c8-9-7(10)6-4-2-1-3-5-6;1-6(9)7-4-2-3-5-8-7;/h1-5H,8H2,(H,9,10);2-5H,1H3;. The van der Waals surface area contributed by atoms with E-state index in [-0.39, 0.29) is 32.8 Å². The van der Waals surface area contributed by atoms with E-state index in [1.54, 1.807) is 48.7 Å². The summed E-state index contributed by atoms with van der Waals surface area (Å²) >= 11 is 0. The third-order valence-electron chi connectivity index (χ3n) is 2.19. The Bertz CT molecular complexity index is 533. The molecule has 1 heterocycles. The van der Waals surface area contributed by atoms with E-state index in [9.17, 15) is 9.59 Å². The Morgan fingerprint density at radius 3 is 2.05 bits per heavy atom. The molecular formula is C14H15MoN3O2. The number of Topliss-reactive ketones (excluding diaryl/α,β-unsaturated/α-hetero) is 1. The summed E-state index contributed by atoms with van der Waals surface area (Å²) in [5.74, 6) is 4.65. The maximum atomic E-state index is 10.8. The average Bonchev–Trinajstić information content (AvgIpc) is 2.49. The van der Waals surface area contributed by atoms with Gasteiger partial charge in [0.05, 0.1) is 0 Å². The van der Waals surface area contributed by atoms with Crippen LogP contribution in [0.5, 0.6) is 0 Å². The first-order valence-electron chi connectivity index (χ1n) is 5.63. The number of carbonyl (C=O) groups is 2. The second-order valence-corrected chi connectivity index (χ2v) is 3.61. The zero-order valence-corrected chi connectivity index (χ0v) is 13.0. The van der Waals surface area contributed by atoms with Gasteiger partial charge in [0, 0.05) is 39.7 Å². The van der Waals surface area contributed by atoms with E-state index in [0.717, 1.165) is 0 Å². The van der Waals surface area contributed by atoms with Gasteiger partial charge >= 0.3 is 0 Å². The number of nitrogen functional groups attached to an aromatic ring is 1. The van der Waals surface area contributed by atoms with Crippen molar-refractivity contribution >= 4 is 11.7 Å². The molecule has 0 atom stereocenters. The molecule has 0 radical (unpaired) electrons. The molecule has 0 saturated carbocycles. The van der Waals surface area contributed by atoms with Crippen molar-refractivity contribution < 1.29 is 30.7 Å². The largest absolute Gasteiger partial charge is 0.293 e. The fourth-order valence-electron chi connectivity index (χ4n) is 1.24. The van der Waals surface area contributed by atoms with Gasteiger partial charge in [0.2, 0.25) is 0 Å². The van der Waals surface area contributed by atoms with Crippen molar-refractivity contribution in [1.82, 2.24) is 10.4 Å². The van der Waals surface area contributed by atoms with Gasteiger partial charge < -0.3 is 0 Å². The van der Waals surface area contributed by atoms with Crippen molar-refractivity contribution in [3.63, 3.8) is 0 Å². The van der Waals surface area contributed by atoms with Gasteiger partial charge in [-0.3, -0.25) is 20.0 Å². The first kappa shape index (κ1) is 18.2. The normalized spacial score (nSPS) is 8.50. The number of ketones is 1. The second kappa shape index (κ2) is 10.0. The molecule has 0 aliphatic carbocycles. The minimum Gasteiger partial charge on any atom is -0.293 e. The van der Waals surface area contributed by atoms with Crippen LogP contribution in [0.25, 0.3) is 0 Å². The van der Waals surface area contributed by atoms with Crippen molar-refractivity contribution in [2.75, 3.05) is 0 Å². The van der Waals surface area contributed by atoms with Gasteiger partial charge in [-0.1, -0.05) is 24.3 Å². The molecule has 3 N–H and O–H groups in total. The third kappa shape index (κ3) is 6.36. The summed E-state index contributed by atoms with van der Waals surface area (Å²) < 4.78 is 0. The molecule has 104 valence electrons. The Morgan fingerprint density at radius 1 is 1.05 bits per heavy atom. The number of nitrogens with two attached hydrogens (primary N) is 1. The Kier molecular flexibility index (Phi) is 9.09. The fourth-order valence-corrected chi connectivity index (χ4v) is 1.24. The third-order valence-corrected chi connectivity index (χ3v) is 2.19. The maximum Gasteiger partial charge on any atom is 0.265 e. The molecule has 5 nitrogen and oxygen atoms in total. The Morgan fingerprint density at radius 2 is 1.65 bits per heavy atom. The van der Waals surface area contributed by atoms with E-state index in [0.29, 0.717) is 11.3 Å². The topological polar surface area (TPSA) is 85.1 Å². The van der Waals surface area contributed by atoms with Crippen LogP contribution >= 0.6 is 0 Å². The van der Waals surface area contributed by atoms with Gasteiger partial charge in [-0.2, -0.15) is 0 Å². The zero-order valence-electron chi connectivity index (χ0n) is 10.9. The van der Waals surface area contributed by atoms with Crippen molar-refractivity contribution in [2.45, 2.75) is 6.92 Å². The Labute approximate surface area is 131 Å². The Hall–Kier alpha value is -1.84. The Balaban J connectivity index is 0.000000345. The van der Waals surface area contributed by atoms with Crippen LogP contribution in [0.2, 0.25) is 0 Å². The van der Waals surface area contributed by atoms with Crippen LogP contribution in [-0.4, -0.2) is 16.7 Å². The van der Waals surface area contributed by atoms with Gasteiger partial charge in [0.1, 0.15) is 5.69 Å². The molecule has 0 saturated heterocycles. The first-order valence-corrected chi connectivity index (χ1v) is 5.63. The van der Waals surface area contributed by atoms with Crippen LogP contribution in [0.1, 0.15) is 27.8 Å². The number of benzene rings is 1. The van der Waals surface area contributed by atoms with Crippen molar-refractivity contribution in [1.29, 1.82) is 0 Å². The van der Waals surface area contributed by atoms with Crippen molar-refractivity contribution in [2.24, 2.45) is 5.84 Å². The smallest absolute Gasteiger partial charge is 0.265 e. The summed E-state index contributed by atoms with van der Waals surface area (Å²) in [5, 5.41) is 0. The molecule has 0 unspecified atom stereocenters. The SMILES string of the molecule is CC(=O)c1ccccn1.NNC(=O)c1ccccc1.[Mo]. The van der Waals surface area contributed by atoms with Crippen LogP contribution < -0.4 is 11.3 Å². The quantitative estimate of drug-likeness (QED) is 0.282. The molecule has 1 aromatic heterocycles. The number of rotatable bonds is 2. The number of nitrogens with one attached hydrogen (secondary N) is 1. The van der Waals surface area contributed by atoms with Gasteiger partial charge in [-0.15, -0.1) is 0 Å². The summed E-state index contributed by atoms with van der Waals surface area (Å²) in [7, 11) is 0. The molecule has 20 heavy (non-hydrogen) atoms. The van der Waals surface area contributed by atoms with E-state index < -0.39 is 0 Å². The molecular weight excluding hydrogens is 338 g/mol. The van der Waals surface area contributed by atoms with E-state index >= 15 is 0 Å². The van der Waals surface area contributed by atoms with E-state index in [4.69, 9.17) is 5.84 Å². The van der Waals surface area contributed by atoms with E-state index in [1.807, 2.05) is 11.5 Å². The number of aromatic nitrogens is 1. The van der Waals surface area contributed by atoms with Crippen molar-refractivity contribution in [3.8, 4) is 0 Å². The molecule has 0 aliphatic heterocycles. The molecule has 0 spiro atoms. The minimum atomic E-state index is -0.263. The van der Waals surface area contributed by atoms with Gasteiger partial charge in [-0.25, -0.2) is 5.84 Å². The molecule has 6 heteroatoms. The number of amides is 1. The van der Waals surface area contributed by atoms with E-state index in [1.165, 1.54) is 6.92 Å². The zero-order chi connectivity index (χ0) is 14.1. The predicted octanol–water partition coefficient (Wildman–Crippen LogP) is 1.57. The predicted molar refractivity (Wildman–Crippen MR) is 72.3 cm³/mol. The molecule has 0 aliphatic rings. The van der Waals surface area contributed by atoms with Gasteiger partial charge in [0.15, 0.2) is 5.78 Å². The fraction of sp³-hybridized carbons (Fsp3) is 0.0714. The summed E-state index contributed by atoms with van der Waals surface area (Å²) in [6.07, 6.45) is 1.61. The van der Waals surface area contributed by atoms with Crippen LogP contribution in [0.3, 0.4) is 0 Å². The minimum absolute atomic E-state index is 0. The second-order valence-electron chi connectivity index (χ2n) is 3.61. The summed E-state index contributed by atoms with van der Waals surface area (Å²) in [4.78, 5) is 25.2. The van der Waals surface area contributed by atoms with Crippen LogP contribution in [0.15, 0.2) is 54.7 Å². The molecule has 1 aromatic carbocycles. The molecule has 0 bridgehead atoms. The first-order chi connectivity index (χ1) is 9.15. The number of hydrazine groups is 1. The molecule has 2 aromatic rings. The summed E-state index contributed by atoms with van der Waals surface area (Å²) in [5.41, 5.74) is 3.14. The monoisotopic (exact) mass is 355 g/mol. The van der Waals surface area contributed by atoms with E-state index in [2.05, 4.69) is 4.98 Å².